The first kappa shape index (κ1) is 19.1. The van der Waals surface area contributed by atoms with Crippen molar-refractivity contribution < 1.29 is 4.79 Å². The third kappa shape index (κ3) is 3.99. The van der Waals surface area contributed by atoms with Crippen molar-refractivity contribution in [3.05, 3.63) is 92.8 Å². The van der Waals surface area contributed by atoms with Crippen molar-refractivity contribution >= 4 is 45.1 Å². The zero-order chi connectivity index (χ0) is 20.4. The first-order chi connectivity index (χ1) is 14.0. The van der Waals surface area contributed by atoms with E-state index in [1.54, 1.807) is 24.3 Å². The molecule has 2 aromatic heterocycles. The molecule has 0 radical (unpaired) electrons. The van der Waals surface area contributed by atoms with Crippen LogP contribution in [-0.4, -0.2) is 15.6 Å². The van der Waals surface area contributed by atoms with Crippen LogP contribution in [-0.2, 0) is 4.79 Å². The number of nitrogens with one attached hydrogen (secondary N) is 1. The summed E-state index contributed by atoms with van der Waals surface area (Å²) in [5, 5.41) is 1.08. The van der Waals surface area contributed by atoms with Gasteiger partial charge in [0.2, 0.25) is 0 Å². The Bertz CT molecular complexity index is 1290. The van der Waals surface area contributed by atoms with Crippen LogP contribution in [0.1, 0.15) is 10.4 Å². The second-order valence-electron chi connectivity index (χ2n) is 6.36. The van der Waals surface area contributed by atoms with Crippen molar-refractivity contribution in [3.8, 4) is 11.1 Å². The third-order valence-electron chi connectivity index (χ3n) is 4.36. The van der Waals surface area contributed by atoms with Gasteiger partial charge in [0.1, 0.15) is 11.2 Å². The van der Waals surface area contributed by atoms with E-state index in [1.165, 1.54) is 23.7 Å². The van der Waals surface area contributed by atoms with E-state index in [9.17, 15) is 9.59 Å². The number of nitrogens with zero attached hydrogens (tertiary/aromatic N) is 2. The number of aromatic nitrogens is 2. The van der Waals surface area contributed by atoms with Gasteiger partial charge >= 0.3 is 0 Å². The predicted molar refractivity (Wildman–Crippen MR) is 119 cm³/mol. The van der Waals surface area contributed by atoms with Crippen LogP contribution in [0.2, 0.25) is 5.02 Å². The summed E-state index contributed by atoms with van der Waals surface area (Å²) in [5.74, 6) is -0.443. The van der Waals surface area contributed by atoms with Crippen LogP contribution in [0.25, 0.3) is 27.4 Å². The van der Waals surface area contributed by atoms with Crippen molar-refractivity contribution in [2.45, 2.75) is 6.92 Å². The molecular formula is C22H16ClN3O2S. The summed E-state index contributed by atoms with van der Waals surface area (Å²) in [7, 11) is 0. The normalized spacial score (nSPS) is 11.2. The molecule has 7 heteroatoms. The molecule has 144 valence electrons. The average molecular weight is 422 g/mol. The number of thiophene rings is 1. The fraction of sp³-hybridized carbons (Fsp3) is 0.0455. The number of carbonyl (C=O) groups excluding carboxylic acids is 1. The molecule has 29 heavy (non-hydrogen) atoms. The number of fused-ring (bicyclic) bond motifs is 1. The highest BCUT2D eigenvalue weighted by molar-refractivity contribution is 7.19. The van der Waals surface area contributed by atoms with Crippen molar-refractivity contribution in [2.75, 3.05) is 5.43 Å². The number of amides is 1. The second-order valence-corrected chi connectivity index (χ2v) is 8.00. The maximum atomic E-state index is 13.1. The Labute approximate surface area is 175 Å². The van der Waals surface area contributed by atoms with E-state index in [0.717, 1.165) is 26.2 Å². The molecule has 0 atom stereocenters. The lowest BCUT2D eigenvalue weighted by Gasteiger charge is -2.06. The lowest BCUT2D eigenvalue weighted by molar-refractivity contribution is -0.112. The molecule has 0 bridgehead atoms. The molecular weight excluding hydrogens is 406 g/mol. The largest absolute Gasteiger partial charge is 0.281 e. The molecule has 0 unspecified atom stereocenters. The Balaban J connectivity index is 1.67. The molecule has 2 heterocycles. The highest BCUT2D eigenvalue weighted by Crippen LogP contribution is 2.35. The van der Waals surface area contributed by atoms with Crippen molar-refractivity contribution in [1.29, 1.82) is 0 Å². The molecule has 0 aliphatic heterocycles. The standard InChI is InChI=1S/C22H16ClN3O2S/c1-14-19(16-7-3-2-4-8-16)20-21(29-14)24-13-26(22(20)28)25-18(27)11-10-15-6-5-9-17(23)12-15/h2-13H,1H3,(H,25,27)/b11-10+. The van der Waals surface area contributed by atoms with Crippen LogP contribution >= 0.6 is 22.9 Å². The molecule has 2 aromatic carbocycles. The van der Waals surface area contributed by atoms with Gasteiger partial charge in [-0.15, -0.1) is 11.3 Å². The number of hydrogen-bond donors (Lipinski definition) is 1. The van der Waals surface area contributed by atoms with Crippen LogP contribution < -0.4 is 11.0 Å². The molecule has 0 saturated heterocycles. The van der Waals surface area contributed by atoms with E-state index in [1.807, 2.05) is 43.3 Å². The number of hydrogen-bond acceptors (Lipinski definition) is 4. The quantitative estimate of drug-likeness (QED) is 0.478. The van der Waals surface area contributed by atoms with Crippen LogP contribution in [0.3, 0.4) is 0 Å². The van der Waals surface area contributed by atoms with Gasteiger partial charge < -0.3 is 0 Å². The van der Waals surface area contributed by atoms with Crippen LogP contribution in [0.15, 0.2) is 71.8 Å². The molecule has 0 fully saturated rings. The number of benzene rings is 2. The van der Waals surface area contributed by atoms with Crippen molar-refractivity contribution in [2.24, 2.45) is 0 Å². The highest BCUT2D eigenvalue weighted by Gasteiger charge is 2.17. The second kappa shape index (κ2) is 8.03. The van der Waals surface area contributed by atoms with Gasteiger partial charge in [-0.25, -0.2) is 9.66 Å². The maximum Gasteiger partial charge on any atom is 0.281 e. The number of carbonyl (C=O) groups is 1. The molecule has 5 nitrogen and oxygen atoms in total. The van der Waals surface area contributed by atoms with E-state index in [4.69, 9.17) is 11.6 Å². The summed E-state index contributed by atoms with van der Waals surface area (Å²) < 4.78 is 1.12. The lowest BCUT2D eigenvalue weighted by atomic mass is 10.0. The van der Waals surface area contributed by atoms with Crippen molar-refractivity contribution in [3.63, 3.8) is 0 Å². The Kier molecular flexibility index (Phi) is 5.29. The van der Waals surface area contributed by atoms with Crippen LogP contribution in [0, 0.1) is 6.92 Å². The number of aryl methyl sites for hydroxylation is 1. The van der Waals surface area contributed by atoms with Gasteiger partial charge in [0.05, 0.1) is 5.39 Å². The van der Waals surface area contributed by atoms with Gasteiger partial charge in [0.25, 0.3) is 11.5 Å². The Hall–Kier alpha value is -3.22. The summed E-state index contributed by atoms with van der Waals surface area (Å²) in [5.41, 5.74) is 4.82. The Morgan fingerprint density at radius 2 is 1.97 bits per heavy atom. The predicted octanol–water partition coefficient (Wildman–Crippen LogP) is 4.87. The summed E-state index contributed by atoms with van der Waals surface area (Å²) in [6.07, 6.45) is 4.31. The smallest absolute Gasteiger partial charge is 0.268 e. The minimum atomic E-state index is -0.443. The van der Waals surface area contributed by atoms with Gasteiger partial charge in [0, 0.05) is 21.5 Å². The van der Waals surface area contributed by atoms with E-state index < -0.39 is 5.91 Å². The highest BCUT2D eigenvalue weighted by atomic mass is 35.5. The van der Waals surface area contributed by atoms with E-state index >= 15 is 0 Å². The first-order valence-corrected chi connectivity index (χ1v) is 10.0. The summed E-state index contributed by atoms with van der Waals surface area (Å²) in [4.78, 5) is 31.4. The van der Waals surface area contributed by atoms with Gasteiger partial charge in [0.15, 0.2) is 0 Å². The minimum Gasteiger partial charge on any atom is -0.268 e. The Morgan fingerprint density at radius 3 is 2.72 bits per heavy atom. The van der Waals surface area contributed by atoms with Gasteiger partial charge in [-0.2, -0.15) is 0 Å². The minimum absolute atomic E-state index is 0.317. The fourth-order valence-electron chi connectivity index (χ4n) is 3.07. The monoisotopic (exact) mass is 421 g/mol. The molecule has 4 rings (SSSR count). The molecule has 0 saturated carbocycles. The maximum absolute atomic E-state index is 13.1. The fourth-order valence-corrected chi connectivity index (χ4v) is 4.27. The van der Waals surface area contributed by atoms with E-state index in [-0.39, 0.29) is 5.56 Å². The molecule has 0 aliphatic rings. The summed E-state index contributed by atoms with van der Waals surface area (Å²) in [6, 6.07) is 16.8. The van der Waals surface area contributed by atoms with Crippen molar-refractivity contribution in [1.82, 2.24) is 9.66 Å². The first-order valence-electron chi connectivity index (χ1n) is 8.84. The number of rotatable bonds is 4. The SMILES string of the molecule is Cc1sc2ncn(NC(=O)/C=C/c3cccc(Cl)c3)c(=O)c2c1-c1ccccc1. The molecule has 0 aliphatic carbocycles. The van der Waals surface area contributed by atoms with E-state index in [2.05, 4.69) is 10.4 Å². The van der Waals surface area contributed by atoms with E-state index in [0.29, 0.717) is 15.2 Å². The molecule has 1 N–H and O–H groups in total. The Morgan fingerprint density at radius 1 is 1.17 bits per heavy atom. The molecule has 4 aromatic rings. The molecule has 1 amide bonds. The molecule has 0 spiro atoms. The number of halogens is 1. The zero-order valence-corrected chi connectivity index (χ0v) is 17.0. The van der Waals surface area contributed by atoms with Gasteiger partial charge in [-0.1, -0.05) is 54.1 Å². The van der Waals surface area contributed by atoms with Crippen LogP contribution in [0.4, 0.5) is 0 Å². The summed E-state index contributed by atoms with van der Waals surface area (Å²) in [6.45, 7) is 1.96. The average Bonchev–Trinajstić information content (AvgIpc) is 3.06. The topological polar surface area (TPSA) is 64.0 Å². The van der Waals surface area contributed by atoms with Gasteiger partial charge in [-0.05, 0) is 36.3 Å². The third-order valence-corrected chi connectivity index (χ3v) is 5.61. The van der Waals surface area contributed by atoms with Gasteiger partial charge in [-0.3, -0.25) is 15.0 Å². The zero-order valence-electron chi connectivity index (χ0n) is 15.4. The summed E-state index contributed by atoms with van der Waals surface area (Å²) >= 11 is 7.41. The van der Waals surface area contributed by atoms with Crippen LogP contribution in [0.5, 0.6) is 0 Å². The lowest BCUT2D eigenvalue weighted by Crippen LogP contribution is -2.32.